The average molecular weight is 597 g/mol. The van der Waals surface area contributed by atoms with Crippen molar-refractivity contribution in [3.8, 4) is 0 Å². The largest absolute Gasteiger partial charge is 0.353 e. The Bertz CT molecular complexity index is 1720. The summed E-state index contributed by atoms with van der Waals surface area (Å²) < 4.78 is 43.0. The zero-order chi connectivity index (χ0) is 30.0. The van der Waals surface area contributed by atoms with Crippen LogP contribution in [0.5, 0.6) is 0 Å². The number of anilines is 2. The molecule has 1 saturated heterocycles. The van der Waals surface area contributed by atoms with Crippen LogP contribution < -0.4 is 10.6 Å². The normalized spacial score (nSPS) is 14.7. The summed E-state index contributed by atoms with van der Waals surface area (Å²) >= 11 is 5.80. The molecule has 3 heterocycles. The maximum absolute atomic E-state index is 14.3. The first-order chi connectivity index (χ1) is 20.1. The highest BCUT2D eigenvalue weighted by atomic mass is 35.5. The summed E-state index contributed by atoms with van der Waals surface area (Å²) in [6.45, 7) is 0.418. The lowest BCUT2D eigenvalue weighted by molar-refractivity contribution is -0.138. The van der Waals surface area contributed by atoms with Gasteiger partial charge in [0.15, 0.2) is 5.78 Å². The number of carbonyl (C=O) groups excluding carboxylic acids is 3. The smallest absolute Gasteiger partial charge is 0.271 e. The number of amides is 2. The van der Waals surface area contributed by atoms with Crippen LogP contribution in [0.3, 0.4) is 0 Å². The van der Waals surface area contributed by atoms with Gasteiger partial charge in [0.05, 0.1) is 23.1 Å². The van der Waals surface area contributed by atoms with Crippen molar-refractivity contribution >= 4 is 51.5 Å². The molecule has 13 heteroatoms. The summed E-state index contributed by atoms with van der Waals surface area (Å²) in [6, 6.07) is 8.31. The van der Waals surface area contributed by atoms with E-state index >= 15 is 0 Å². The van der Waals surface area contributed by atoms with E-state index in [0.717, 1.165) is 4.90 Å². The summed E-state index contributed by atoms with van der Waals surface area (Å²) in [4.78, 5) is 48.0. The SMILES string of the molecule is CC(=O)c1cn(CC(=O)N2CC(=C(F)F)CC2C(=O)NCc2cccc(Cl)c2F)c2ccc(Nc3cncnc3)cc12. The summed E-state index contributed by atoms with van der Waals surface area (Å²) in [5.74, 6) is -2.24. The lowest BCUT2D eigenvalue weighted by Gasteiger charge is -2.24. The van der Waals surface area contributed by atoms with Crippen molar-refractivity contribution in [1.82, 2.24) is 24.8 Å². The number of nitrogens with zero attached hydrogens (tertiary/aromatic N) is 4. The van der Waals surface area contributed by atoms with Crippen molar-refractivity contribution in [2.24, 2.45) is 0 Å². The molecule has 2 aromatic carbocycles. The van der Waals surface area contributed by atoms with Crippen LogP contribution in [0.15, 0.2) is 73.0 Å². The number of rotatable bonds is 8. The van der Waals surface area contributed by atoms with E-state index < -0.39 is 36.3 Å². The van der Waals surface area contributed by atoms with Gasteiger partial charge in [-0.3, -0.25) is 14.4 Å². The highest BCUT2D eigenvalue weighted by molar-refractivity contribution is 6.30. The topological polar surface area (TPSA) is 109 Å². The molecule has 42 heavy (non-hydrogen) atoms. The number of halogens is 4. The summed E-state index contributed by atoms with van der Waals surface area (Å²) in [7, 11) is 0. The molecule has 1 atom stereocenters. The Labute approximate surface area is 243 Å². The minimum absolute atomic E-state index is 0.114. The first-order valence-electron chi connectivity index (χ1n) is 12.8. The van der Waals surface area contributed by atoms with E-state index in [-0.39, 0.29) is 41.5 Å². The zero-order valence-corrected chi connectivity index (χ0v) is 23.0. The minimum Gasteiger partial charge on any atom is -0.353 e. The number of fused-ring (bicyclic) bond motifs is 1. The van der Waals surface area contributed by atoms with E-state index in [4.69, 9.17) is 11.6 Å². The van der Waals surface area contributed by atoms with E-state index in [0.29, 0.717) is 27.8 Å². The van der Waals surface area contributed by atoms with Gasteiger partial charge in [0.25, 0.3) is 6.08 Å². The quantitative estimate of drug-likeness (QED) is 0.269. The van der Waals surface area contributed by atoms with Gasteiger partial charge in [-0.2, -0.15) is 8.78 Å². The molecule has 1 aliphatic rings. The number of hydrogen-bond donors (Lipinski definition) is 2. The number of hydrogen-bond acceptors (Lipinski definition) is 6. The Hall–Kier alpha value is -4.71. The monoisotopic (exact) mass is 596 g/mol. The average Bonchev–Trinajstić information content (AvgIpc) is 3.57. The number of Topliss-reactive ketones (excluding diaryl/α,β-unsaturated/α-hetero) is 1. The van der Waals surface area contributed by atoms with Crippen molar-refractivity contribution in [3.63, 3.8) is 0 Å². The van der Waals surface area contributed by atoms with Gasteiger partial charge in [0.2, 0.25) is 11.8 Å². The van der Waals surface area contributed by atoms with Gasteiger partial charge in [-0.1, -0.05) is 23.7 Å². The lowest BCUT2D eigenvalue weighted by Crippen LogP contribution is -2.46. The van der Waals surface area contributed by atoms with Crippen molar-refractivity contribution in [2.75, 3.05) is 11.9 Å². The second-order valence-corrected chi connectivity index (χ2v) is 10.2. The van der Waals surface area contributed by atoms with Gasteiger partial charge in [-0.25, -0.2) is 14.4 Å². The van der Waals surface area contributed by atoms with Crippen LogP contribution in [-0.2, 0) is 22.7 Å². The summed E-state index contributed by atoms with van der Waals surface area (Å²) in [6.07, 6.45) is 3.78. The second-order valence-electron chi connectivity index (χ2n) is 9.75. The third-order valence-corrected chi connectivity index (χ3v) is 7.26. The Morgan fingerprint density at radius 2 is 1.86 bits per heavy atom. The molecule has 2 aromatic heterocycles. The van der Waals surface area contributed by atoms with E-state index in [1.165, 1.54) is 37.6 Å². The number of nitrogens with one attached hydrogen (secondary N) is 2. The van der Waals surface area contributed by atoms with Gasteiger partial charge < -0.3 is 20.1 Å². The third kappa shape index (κ3) is 5.98. The van der Waals surface area contributed by atoms with E-state index in [1.807, 2.05) is 0 Å². The maximum Gasteiger partial charge on any atom is 0.271 e. The van der Waals surface area contributed by atoms with Crippen LogP contribution in [0.2, 0.25) is 5.02 Å². The second kappa shape index (κ2) is 12.0. The molecule has 5 rings (SSSR count). The number of aromatic nitrogens is 3. The summed E-state index contributed by atoms with van der Waals surface area (Å²) in [5, 5.41) is 6.13. The molecule has 0 radical (unpaired) electrons. The Balaban J connectivity index is 1.38. The minimum atomic E-state index is -1.96. The molecule has 1 fully saturated rings. The van der Waals surface area contributed by atoms with Gasteiger partial charge >= 0.3 is 0 Å². The van der Waals surface area contributed by atoms with Gasteiger partial charge in [-0.05, 0) is 31.2 Å². The van der Waals surface area contributed by atoms with Crippen molar-refractivity contribution in [1.29, 1.82) is 0 Å². The molecule has 1 unspecified atom stereocenters. The van der Waals surface area contributed by atoms with Crippen molar-refractivity contribution in [3.05, 3.63) is 94.9 Å². The summed E-state index contributed by atoms with van der Waals surface area (Å²) in [5.41, 5.74) is 2.00. The third-order valence-electron chi connectivity index (χ3n) is 6.97. The highest BCUT2D eigenvalue weighted by Crippen LogP contribution is 2.30. The molecule has 9 nitrogen and oxygen atoms in total. The fourth-order valence-electron chi connectivity index (χ4n) is 4.90. The van der Waals surface area contributed by atoms with Crippen LogP contribution in [0.4, 0.5) is 24.5 Å². The molecular weight excluding hydrogens is 573 g/mol. The Morgan fingerprint density at radius 3 is 2.57 bits per heavy atom. The molecule has 4 aromatic rings. The molecule has 2 amide bonds. The fourth-order valence-corrected chi connectivity index (χ4v) is 5.09. The Kier molecular flexibility index (Phi) is 8.25. The fraction of sp³-hybridized carbons (Fsp3) is 0.207. The molecule has 0 spiro atoms. The maximum atomic E-state index is 14.3. The standard InChI is InChI=1S/C29H24ClF3N6O3/c1-16(40)22-13-38(24-6-5-19(8-21(22)24)37-20-10-34-15-35-11-20)14-26(41)39-12-18(28(32)33)7-25(39)29(42)36-9-17-3-2-4-23(30)27(17)31/h2-6,8,10-11,13,15,25,37H,7,9,12,14H2,1H3,(H,36,42). The first kappa shape index (κ1) is 28.8. The molecular formula is C29H24ClF3N6O3. The first-order valence-corrected chi connectivity index (χ1v) is 13.2. The lowest BCUT2D eigenvalue weighted by atomic mass is 10.1. The van der Waals surface area contributed by atoms with Crippen LogP contribution >= 0.6 is 11.6 Å². The van der Waals surface area contributed by atoms with Gasteiger partial charge in [0.1, 0.15) is 24.7 Å². The van der Waals surface area contributed by atoms with Crippen LogP contribution in [0.25, 0.3) is 10.9 Å². The molecule has 2 N–H and O–H groups in total. The predicted molar refractivity (Wildman–Crippen MR) is 150 cm³/mol. The van der Waals surface area contributed by atoms with Gasteiger partial charge in [0, 0.05) is 59.0 Å². The van der Waals surface area contributed by atoms with Crippen LogP contribution in [0, 0.1) is 5.82 Å². The number of likely N-dealkylation sites (tertiary alicyclic amines) is 1. The molecule has 0 saturated carbocycles. The predicted octanol–water partition coefficient (Wildman–Crippen LogP) is 5.24. The van der Waals surface area contributed by atoms with E-state index in [1.54, 1.807) is 35.2 Å². The highest BCUT2D eigenvalue weighted by Gasteiger charge is 2.38. The number of ketones is 1. The molecule has 0 bridgehead atoms. The van der Waals surface area contributed by atoms with Crippen LogP contribution in [0.1, 0.15) is 29.3 Å². The van der Waals surface area contributed by atoms with E-state index in [9.17, 15) is 27.6 Å². The Morgan fingerprint density at radius 1 is 1.10 bits per heavy atom. The van der Waals surface area contributed by atoms with Crippen LogP contribution in [-0.4, -0.2) is 49.6 Å². The van der Waals surface area contributed by atoms with Crippen molar-refractivity contribution < 1.29 is 27.6 Å². The zero-order valence-electron chi connectivity index (χ0n) is 22.2. The molecule has 0 aliphatic carbocycles. The van der Waals surface area contributed by atoms with Gasteiger partial charge in [-0.15, -0.1) is 0 Å². The van der Waals surface area contributed by atoms with Crippen molar-refractivity contribution in [2.45, 2.75) is 32.5 Å². The number of benzene rings is 2. The van der Waals surface area contributed by atoms with E-state index in [2.05, 4.69) is 20.6 Å². The number of carbonyl (C=O) groups is 3. The molecule has 216 valence electrons. The molecule has 1 aliphatic heterocycles.